The number of rotatable bonds is 3. The van der Waals surface area contributed by atoms with Crippen LogP contribution < -0.4 is 4.90 Å². The van der Waals surface area contributed by atoms with Crippen LogP contribution in [0.4, 0.5) is 19.0 Å². The molecule has 18 heavy (non-hydrogen) atoms. The van der Waals surface area contributed by atoms with Gasteiger partial charge in [-0.2, -0.15) is 18.3 Å². The first-order valence-electron chi connectivity index (χ1n) is 5.17. The molecule has 2 aromatic heterocycles. The summed E-state index contributed by atoms with van der Waals surface area (Å²) >= 11 is 0. The zero-order valence-electron chi connectivity index (χ0n) is 9.52. The van der Waals surface area contributed by atoms with Gasteiger partial charge in [-0.25, -0.2) is 9.50 Å². The lowest BCUT2D eigenvalue weighted by Crippen LogP contribution is -2.22. The quantitative estimate of drug-likeness (QED) is 0.900. The largest absolute Gasteiger partial charge is 0.435 e. The summed E-state index contributed by atoms with van der Waals surface area (Å²) in [6.07, 6.45) is -1.77. The lowest BCUT2D eigenvalue weighted by molar-refractivity contribution is -0.141. The highest BCUT2D eigenvalue weighted by Gasteiger charge is 2.34. The summed E-state index contributed by atoms with van der Waals surface area (Å²) in [5, 5.41) is 12.3. The van der Waals surface area contributed by atoms with Gasteiger partial charge in [0.1, 0.15) is 5.52 Å². The van der Waals surface area contributed by atoms with Crippen LogP contribution in [-0.2, 0) is 6.18 Å². The van der Waals surface area contributed by atoms with Crippen molar-refractivity contribution in [2.24, 2.45) is 0 Å². The number of fused-ring (bicyclic) bond motifs is 1. The fourth-order valence-corrected chi connectivity index (χ4v) is 1.60. The van der Waals surface area contributed by atoms with Crippen LogP contribution in [0.25, 0.3) is 5.52 Å². The standard InChI is InChI=1S/C10H11F3N4O/c1-16(4-5-18)9-7-6-8(10(11,12)13)15-17(7)3-2-14-9/h2-3,6,18H,4-5H2,1H3. The van der Waals surface area contributed by atoms with Gasteiger partial charge in [0.05, 0.1) is 6.61 Å². The first kappa shape index (κ1) is 12.6. The number of alkyl halides is 3. The van der Waals surface area contributed by atoms with E-state index in [9.17, 15) is 13.2 Å². The molecule has 0 bridgehead atoms. The van der Waals surface area contributed by atoms with Gasteiger partial charge in [-0.1, -0.05) is 0 Å². The second kappa shape index (κ2) is 4.45. The van der Waals surface area contributed by atoms with Gasteiger partial charge in [0.25, 0.3) is 0 Å². The predicted octanol–water partition coefficient (Wildman–Crippen LogP) is 1.18. The monoisotopic (exact) mass is 260 g/mol. The summed E-state index contributed by atoms with van der Waals surface area (Å²) in [7, 11) is 1.64. The Kier molecular flexibility index (Phi) is 3.12. The molecule has 0 spiro atoms. The molecule has 0 amide bonds. The molecule has 2 heterocycles. The van der Waals surface area contributed by atoms with E-state index >= 15 is 0 Å². The predicted molar refractivity (Wildman–Crippen MR) is 58.3 cm³/mol. The molecule has 0 fully saturated rings. The van der Waals surface area contributed by atoms with Gasteiger partial charge in [0, 0.05) is 32.1 Å². The molecule has 0 atom stereocenters. The van der Waals surface area contributed by atoms with E-state index in [-0.39, 0.29) is 18.7 Å². The number of anilines is 1. The van der Waals surface area contributed by atoms with Crippen LogP contribution in [0, 0.1) is 0 Å². The highest BCUT2D eigenvalue weighted by molar-refractivity contribution is 5.68. The Balaban J connectivity index is 2.52. The normalized spacial score (nSPS) is 12.1. The first-order valence-corrected chi connectivity index (χ1v) is 5.17. The van der Waals surface area contributed by atoms with Crippen molar-refractivity contribution in [3.8, 4) is 0 Å². The fraction of sp³-hybridized carbons (Fsp3) is 0.400. The van der Waals surface area contributed by atoms with E-state index in [0.717, 1.165) is 10.6 Å². The summed E-state index contributed by atoms with van der Waals surface area (Å²) in [4.78, 5) is 5.57. The van der Waals surface area contributed by atoms with Crippen molar-refractivity contribution in [2.45, 2.75) is 6.18 Å². The average molecular weight is 260 g/mol. The first-order chi connectivity index (χ1) is 8.43. The molecular formula is C10H11F3N4O. The van der Waals surface area contributed by atoms with Crippen molar-refractivity contribution in [3.63, 3.8) is 0 Å². The molecule has 98 valence electrons. The maximum atomic E-state index is 12.6. The van der Waals surface area contributed by atoms with Gasteiger partial charge in [0.15, 0.2) is 11.5 Å². The summed E-state index contributed by atoms with van der Waals surface area (Å²) in [6, 6.07) is 0.941. The Morgan fingerprint density at radius 3 is 2.78 bits per heavy atom. The van der Waals surface area contributed by atoms with E-state index < -0.39 is 11.9 Å². The topological polar surface area (TPSA) is 53.7 Å². The van der Waals surface area contributed by atoms with Crippen LogP contribution in [0.3, 0.4) is 0 Å². The number of hydrogen-bond donors (Lipinski definition) is 1. The lowest BCUT2D eigenvalue weighted by Gasteiger charge is -2.16. The van der Waals surface area contributed by atoms with Crippen LogP contribution in [-0.4, -0.2) is 39.9 Å². The Bertz CT molecular complexity index is 552. The molecule has 0 aliphatic rings. The highest BCUT2D eigenvalue weighted by atomic mass is 19.4. The number of aromatic nitrogens is 3. The molecule has 5 nitrogen and oxygen atoms in total. The van der Waals surface area contributed by atoms with Gasteiger partial charge in [-0.3, -0.25) is 0 Å². The third-order valence-electron chi connectivity index (χ3n) is 2.46. The van der Waals surface area contributed by atoms with Crippen LogP contribution >= 0.6 is 0 Å². The van der Waals surface area contributed by atoms with Crippen molar-refractivity contribution >= 4 is 11.3 Å². The summed E-state index contributed by atoms with van der Waals surface area (Å²) in [6.45, 7) is 0.165. The van der Waals surface area contributed by atoms with E-state index in [1.165, 1.54) is 12.4 Å². The summed E-state index contributed by atoms with van der Waals surface area (Å²) in [5.74, 6) is 0.342. The smallest absolute Gasteiger partial charge is 0.395 e. The Labute approximate surface area is 100 Å². The molecule has 0 aromatic carbocycles. The number of nitrogens with zero attached hydrogens (tertiary/aromatic N) is 4. The number of likely N-dealkylation sites (N-methyl/N-ethyl adjacent to an activating group) is 1. The maximum absolute atomic E-state index is 12.6. The highest BCUT2D eigenvalue weighted by Crippen LogP contribution is 2.30. The van der Waals surface area contributed by atoms with E-state index in [1.54, 1.807) is 11.9 Å². The minimum absolute atomic E-state index is 0.112. The number of hydrogen-bond acceptors (Lipinski definition) is 4. The molecule has 0 aliphatic carbocycles. The molecule has 2 rings (SSSR count). The van der Waals surface area contributed by atoms with Gasteiger partial charge >= 0.3 is 6.18 Å². The number of aliphatic hydroxyl groups excluding tert-OH is 1. The fourth-order valence-electron chi connectivity index (χ4n) is 1.60. The third kappa shape index (κ3) is 2.23. The van der Waals surface area contributed by atoms with E-state index in [0.29, 0.717) is 5.82 Å². The Hall–Kier alpha value is -1.83. The SMILES string of the molecule is CN(CCO)c1nccn2nc(C(F)(F)F)cc12. The van der Waals surface area contributed by atoms with Gasteiger partial charge < -0.3 is 10.0 Å². The average Bonchev–Trinajstić information content (AvgIpc) is 2.72. The van der Waals surface area contributed by atoms with Crippen molar-refractivity contribution in [1.29, 1.82) is 0 Å². The van der Waals surface area contributed by atoms with Crippen LogP contribution in [0.2, 0.25) is 0 Å². The molecule has 8 heteroatoms. The second-order valence-corrected chi connectivity index (χ2v) is 3.75. The van der Waals surface area contributed by atoms with Crippen LogP contribution in [0.1, 0.15) is 5.69 Å². The van der Waals surface area contributed by atoms with Crippen molar-refractivity contribution in [2.75, 3.05) is 25.1 Å². The molecule has 1 N–H and O–H groups in total. The van der Waals surface area contributed by atoms with E-state index in [1.807, 2.05) is 0 Å². The zero-order valence-corrected chi connectivity index (χ0v) is 9.52. The molecular weight excluding hydrogens is 249 g/mol. The summed E-state index contributed by atoms with van der Waals surface area (Å²) in [5.41, 5.74) is -0.713. The van der Waals surface area contributed by atoms with Crippen molar-refractivity contribution in [3.05, 3.63) is 24.2 Å². The van der Waals surface area contributed by atoms with E-state index in [4.69, 9.17) is 5.11 Å². The maximum Gasteiger partial charge on any atom is 0.435 e. The zero-order chi connectivity index (χ0) is 13.3. The Morgan fingerprint density at radius 2 is 2.17 bits per heavy atom. The minimum Gasteiger partial charge on any atom is -0.395 e. The van der Waals surface area contributed by atoms with Gasteiger partial charge in [-0.05, 0) is 0 Å². The van der Waals surface area contributed by atoms with Crippen molar-refractivity contribution < 1.29 is 18.3 Å². The van der Waals surface area contributed by atoms with E-state index in [2.05, 4.69) is 10.1 Å². The third-order valence-corrected chi connectivity index (χ3v) is 2.46. The lowest BCUT2D eigenvalue weighted by atomic mass is 10.3. The second-order valence-electron chi connectivity index (χ2n) is 3.75. The molecule has 0 saturated carbocycles. The van der Waals surface area contributed by atoms with Gasteiger partial charge in [-0.15, -0.1) is 0 Å². The van der Waals surface area contributed by atoms with Gasteiger partial charge in [0.2, 0.25) is 0 Å². The number of aliphatic hydroxyl groups is 1. The van der Waals surface area contributed by atoms with Crippen molar-refractivity contribution in [1.82, 2.24) is 14.6 Å². The van der Waals surface area contributed by atoms with Crippen LogP contribution in [0.15, 0.2) is 18.5 Å². The minimum atomic E-state index is -4.49. The Morgan fingerprint density at radius 1 is 1.44 bits per heavy atom. The molecule has 0 saturated heterocycles. The molecule has 2 aromatic rings. The molecule has 0 radical (unpaired) electrons. The molecule has 0 aliphatic heterocycles. The van der Waals surface area contributed by atoms with Crippen LogP contribution in [0.5, 0.6) is 0 Å². The molecule has 0 unspecified atom stereocenters. The number of halogens is 3. The summed E-state index contributed by atoms with van der Waals surface area (Å²) < 4.78 is 38.8.